The molecule has 0 spiro atoms. The molecule has 3 rings (SSSR count). The normalized spacial score (nSPS) is 14.9. The molecule has 1 N–H and O–H groups in total. The number of amides is 3. The highest BCUT2D eigenvalue weighted by Gasteiger charge is 2.24. The zero-order valence-electron chi connectivity index (χ0n) is 14.7. The minimum absolute atomic E-state index is 0.0527. The maximum absolute atomic E-state index is 12.3. The predicted molar refractivity (Wildman–Crippen MR) is 104 cm³/mol. The van der Waals surface area contributed by atoms with Crippen molar-refractivity contribution in [3.8, 4) is 5.75 Å². The Kier molecular flexibility index (Phi) is 5.93. The van der Waals surface area contributed by atoms with Gasteiger partial charge in [-0.2, -0.15) is 0 Å². The van der Waals surface area contributed by atoms with Gasteiger partial charge < -0.3 is 9.64 Å². The first kappa shape index (κ1) is 18.7. The van der Waals surface area contributed by atoms with Crippen LogP contribution in [-0.4, -0.2) is 42.2 Å². The second kappa shape index (κ2) is 8.55. The number of nitrogens with zero attached hydrogens (tertiary/aromatic N) is 1. The Balaban J connectivity index is 1.50. The second-order valence-corrected chi connectivity index (χ2v) is 6.88. The zero-order valence-corrected chi connectivity index (χ0v) is 15.5. The van der Waals surface area contributed by atoms with E-state index >= 15 is 0 Å². The Morgan fingerprint density at radius 3 is 2.44 bits per heavy atom. The Labute approximate surface area is 161 Å². The Morgan fingerprint density at radius 2 is 1.81 bits per heavy atom. The van der Waals surface area contributed by atoms with Crippen LogP contribution in [0.25, 0.3) is 6.08 Å². The number of carbonyl (C=O) groups is 3. The highest BCUT2D eigenvalue weighted by Crippen LogP contribution is 2.26. The number of rotatable bonds is 6. The van der Waals surface area contributed by atoms with E-state index in [2.05, 4.69) is 5.32 Å². The van der Waals surface area contributed by atoms with Crippen molar-refractivity contribution in [2.24, 2.45) is 0 Å². The van der Waals surface area contributed by atoms with Crippen LogP contribution in [0.4, 0.5) is 4.79 Å². The van der Waals surface area contributed by atoms with Crippen molar-refractivity contribution in [2.45, 2.75) is 0 Å². The van der Waals surface area contributed by atoms with Gasteiger partial charge in [-0.25, -0.2) is 0 Å². The molecule has 0 unspecified atom stereocenters. The van der Waals surface area contributed by atoms with E-state index < -0.39 is 0 Å². The number of carbonyl (C=O) groups excluding carboxylic acids is 3. The minimum Gasteiger partial charge on any atom is -0.492 e. The molecule has 0 aromatic heterocycles. The molecule has 2 aromatic rings. The Morgan fingerprint density at radius 1 is 1.11 bits per heavy atom. The molecule has 0 atom stereocenters. The topological polar surface area (TPSA) is 75.7 Å². The molecule has 0 radical (unpaired) electrons. The quantitative estimate of drug-likeness (QED) is 0.777. The van der Waals surface area contributed by atoms with E-state index in [1.807, 2.05) is 18.2 Å². The predicted octanol–water partition coefficient (Wildman–Crippen LogP) is 3.16. The fourth-order valence-electron chi connectivity index (χ4n) is 2.44. The lowest BCUT2D eigenvalue weighted by atomic mass is 10.2. The van der Waals surface area contributed by atoms with Gasteiger partial charge in [0.15, 0.2) is 0 Å². The van der Waals surface area contributed by atoms with Crippen LogP contribution in [0, 0.1) is 0 Å². The van der Waals surface area contributed by atoms with Crippen molar-refractivity contribution in [2.75, 3.05) is 20.2 Å². The molecule has 27 heavy (non-hydrogen) atoms. The average Bonchev–Trinajstić information content (AvgIpc) is 3.00. The van der Waals surface area contributed by atoms with Crippen LogP contribution in [0.15, 0.2) is 59.5 Å². The van der Waals surface area contributed by atoms with Gasteiger partial charge in [-0.15, -0.1) is 0 Å². The largest absolute Gasteiger partial charge is 0.492 e. The number of nitrogens with one attached hydrogen (secondary N) is 1. The smallest absolute Gasteiger partial charge is 0.290 e. The summed E-state index contributed by atoms with van der Waals surface area (Å²) in [6.07, 6.45) is 1.65. The van der Waals surface area contributed by atoms with E-state index in [4.69, 9.17) is 4.74 Å². The van der Waals surface area contributed by atoms with Gasteiger partial charge in [-0.3, -0.25) is 19.7 Å². The maximum Gasteiger partial charge on any atom is 0.290 e. The molecule has 6 nitrogen and oxygen atoms in total. The van der Waals surface area contributed by atoms with Gasteiger partial charge in [0.1, 0.15) is 12.4 Å². The molecule has 1 saturated heterocycles. The summed E-state index contributed by atoms with van der Waals surface area (Å²) in [7, 11) is 1.74. The summed E-state index contributed by atoms with van der Waals surface area (Å²) in [6, 6.07) is 16.3. The average molecular weight is 382 g/mol. The van der Waals surface area contributed by atoms with Crippen LogP contribution >= 0.6 is 11.8 Å². The molecule has 1 aliphatic heterocycles. The third-order valence-corrected chi connectivity index (χ3v) is 4.69. The SMILES string of the molecule is CN(CCOc1ccc(C=C2SC(=O)NC2=O)cc1)C(=O)c1ccccc1. The van der Waals surface area contributed by atoms with E-state index in [1.54, 1.807) is 54.4 Å². The van der Waals surface area contributed by atoms with Gasteiger partial charge in [0.2, 0.25) is 0 Å². The number of imide groups is 1. The van der Waals surface area contributed by atoms with E-state index in [0.717, 1.165) is 17.3 Å². The number of likely N-dealkylation sites (N-methyl/N-ethyl adjacent to an activating group) is 1. The minimum atomic E-state index is -0.378. The number of hydrogen-bond donors (Lipinski definition) is 1. The molecular weight excluding hydrogens is 364 g/mol. The number of benzene rings is 2. The van der Waals surface area contributed by atoms with Crippen LogP contribution in [0.5, 0.6) is 5.75 Å². The third kappa shape index (κ3) is 4.98. The van der Waals surface area contributed by atoms with Crippen molar-refractivity contribution in [1.82, 2.24) is 10.2 Å². The molecule has 1 heterocycles. The van der Waals surface area contributed by atoms with Gasteiger partial charge in [0, 0.05) is 12.6 Å². The molecule has 0 aliphatic carbocycles. The van der Waals surface area contributed by atoms with Gasteiger partial charge in [-0.1, -0.05) is 30.3 Å². The van der Waals surface area contributed by atoms with Gasteiger partial charge >= 0.3 is 0 Å². The van der Waals surface area contributed by atoms with E-state index in [-0.39, 0.29) is 17.1 Å². The highest BCUT2D eigenvalue weighted by atomic mass is 32.2. The molecule has 2 aromatic carbocycles. The second-order valence-electron chi connectivity index (χ2n) is 5.86. The van der Waals surface area contributed by atoms with Crippen LogP contribution in [0.2, 0.25) is 0 Å². The summed E-state index contributed by atoms with van der Waals surface area (Å²) in [5, 5.41) is 1.86. The molecule has 0 saturated carbocycles. The van der Waals surface area contributed by atoms with Crippen molar-refractivity contribution in [3.63, 3.8) is 0 Å². The summed E-state index contributed by atoms with van der Waals surface area (Å²) in [4.78, 5) is 36.9. The third-order valence-electron chi connectivity index (χ3n) is 3.88. The van der Waals surface area contributed by atoms with Crippen LogP contribution in [-0.2, 0) is 4.79 Å². The fraction of sp³-hybridized carbons (Fsp3) is 0.150. The number of hydrogen-bond acceptors (Lipinski definition) is 5. The molecule has 7 heteroatoms. The molecule has 1 fully saturated rings. The number of thioether (sulfide) groups is 1. The standard InChI is InChI=1S/C20H18N2O4S/c1-22(19(24)15-5-3-2-4-6-15)11-12-26-16-9-7-14(8-10-16)13-17-18(23)21-20(25)27-17/h2-10,13H,11-12H2,1H3,(H,21,23,25). The lowest BCUT2D eigenvalue weighted by Crippen LogP contribution is -2.30. The zero-order chi connectivity index (χ0) is 19.2. The van der Waals surface area contributed by atoms with Crippen LogP contribution < -0.4 is 10.1 Å². The van der Waals surface area contributed by atoms with E-state index in [1.165, 1.54) is 0 Å². The highest BCUT2D eigenvalue weighted by molar-refractivity contribution is 8.18. The van der Waals surface area contributed by atoms with Crippen molar-refractivity contribution >= 4 is 34.9 Å². The van der Waals surface area contributed by atoms with Gasteiger partial charge in [0.05, 0.1) is 11.4 Å². The van der Waals surface area contributed by atoms with E-state index in [9.17, 15) is 14.4 Å². The summed E-state index contributed by atoms with van der Waals surface area (Å²) < 4.78 is 5.67. The Hall–Kier alpha value is -3.06. The molecule has 1 aliphatic rings. The van der Waals surface area contributed by atoms with Gasteiger partial charge in [-0.05, 0) is 47.7 Å². The fourth-order valence-corrected chi connectivity index (χ4v) is 3.12. The first-order chi connectivity index (χ1) is 13.0. The summed E-state index contributed by atoms with van der Waals surface area (Å²) in [5.74, 6) is 0.233. The maximum atomic E-state index is 12.3. The molecular formula is C20H18N2O4S. The summed E-state index contributed by atoms with van der Waals surface area (Å²) in [5.41, 5.74) is 1.44. The van der Waals surface area contributed by atoms with E-state index in [0.29, 0.717) is 29.4 Å². The number of ether oxygens (including phenoxy) is 1. The van der Waals surface area contributed by atoms with Crippen LogP contribution in [0.1, 0.15) is 15.9 Å². The van der Waals surface area contributed by atoms with Crippen LogP contribution in [0.3, 0.4) is 0 Å². The summed E-state index contributed by atoms with van der Waals surface area (Å²) in [6.45, 7) is 0.820. The van der Waals surface area contributed by atoms with Gasteiger partial charge in [0.25, 0.3) is 17.1 Å². The van der Waals surface area contributed by atoms with Crippen molar-refractivity contribution < 1.29 is 19.1 Å². The molecule has 0 bridgehead atoms. The van der Waals surface area contributed by atoms with Crippen molar-refractivity contribution in [3.05, 3.63) is 70.6 Å². The monoisotopic (exact) mass is 382 g/mol. The molecule has 138 valence electrons. The van der Waals surface area contributed by atoms with Crippen molar-refractivity contribution in [1.29, 1.82) is 0 Å². The first-order valence-corrected chi connectivity index (χ1v) is 9.13. The summed E-state index contributed by atoms with van der Waals surface area (Å²) >= 11 is 0.883. The first-order valence-electron chi connectivity index (χ1n) is 8.31. The lowest BCUT2D eigenvalue weighted by Gasteiger charge is -2.17. The molecule has 3 amide bonds. The lowest BCUT2D eigenvalue weighted by molar-refractivity contribution is -0.115. The Bertz CT molecular complexity index is 879.